The van der Waals surface area contributed by atoms with E-state index in [1.165, 1.54) is 0 Å². The van der Waals surface area contributed by atoms with Crippen molar-refractivity contribution in [3.8, 4) is 0 Å². The number of nitrogens with zero attached hydrogens (tertiary/aromatic N) is 1. The maximum Gasteiger partial charge on any atom is 0.497 e. The van der Waals surface area contributed by atoms with Crippen molar-refractivity contribution in [2.45, 2.75) is 51.7 Å². The molecule has 3 nitrogen and oxygen atoms in total. The van der Waals surface area contributed by atoms with Gasteiger partial charge in [0.1, 0.15) is 0 Å². The lowest BCUT2D eigenvalue weighted by Gasteiger charge is -2.32. The molecule has 1 aromatic carbocycles. The van der Waals surface area contributed by atoms with Gasteiger partial charge in [0.05, 0.1) is 16.9 Å². The molecule has 1 aromatic rings. The topological polar surface area (TPSA) is 21.7 Å². The second-order valence-electron chi connectivity index (χ2n) is 7.21. The van der Waals surface area contributed by atoms with Gasteiger partial charge in [-0.15, -0.1) is 0 Å². The van der Waals surface area contributed by atoms with Crippen LogP contribution in [0, 0.1) is 17.5 Å². The lowest BCUT2D eigenvalue weighted by atomic mass is 9.77. The van der Waals surface area contributed by atoms with Crippen molar-refractivity contribution in [2.75, 3.05) is 18.0 Å². The predicted octanol–water partition coefficient (Wildman–Crippen LogP) is 3.00. The Morgan fingerprint density at radius 2 is 1.48 bits per heavy atom. The van der Waals surface area contributed by atoms with Crippen LogP contribution < -0.4 is 10.4 Å². The summed E-state index contributed by atoms with van der Waals surface area (Å²) < 4.78 is 53.8. The Hall–Kier alpha value is -1.21. The smallest absolute Gasteiger partial charge is 0.399 e. The highest BCUT2D eigenvalue weighted by atomic mass is 19.2. The van der Waals surface area contributed by atoms with E-state index in [-0.39, 0.29) is 11.2 Å². The number of rotatable bonds is 2. The van der Waals surface area contributed by atoms with E-state index in [9.17, 15) is 13.2 Å². The van der Waals surface area contributed by atoms with Crippen LogP contribution >= 0.6 is 0 Å². The third kappa shape index (κ3) is 2.64. The van der Waals surface area contributed by atoms with Crippen LogP contribution in [0.25, 0.3) is 0 Å². The van der Waals surface area contributed by atoms with Gasteiger partial charge in [0.2, 0.25) is 0 Å². The predicted molar refractivity (Wildman–Crippen MR) is 83.5 cm³/mol. The fourth-order valence-electron chi connectivity index (χ4n) is 3.02. The minimum Gasteiger partial charge on any atom is -0.399 e. The number of benzene rings is 1. The highest BCUT2D eigenvalue weighted by molar-refractivity contribution is 6.64. The van der Waals surface area contributed by atoms with E-state index >= 15 is 0 Å². The third-order valence-electron chi connectivity index (χ3n) is 5.10. The average molecular weight is 327 g/mol. The molecule has 3 rings (SSSR count). The molecular formula is C16H21BF3NO2. The molecule has 2 fully saturated rings. The fraction of sp³-hybridized carbons (Fsp3) is 0.625. The molecular weight excluding hydrogens is 306 g/mol. The summed E-state index contributed by atoms with van der Waals surface area (Å²) in [4.78, 5) is 1.73. The Balaban J connectivity index is 2.09. The molecule has 0 aliphatic carbocycles. The SMILES string of the molecule is CC1(C)OB(c2cc(F)c(F)c(F)c2N2CCCC2)OC1(C)C. The first-order valence-electron chi connectivity index (χ1n) is 7.92. The van der Waals surface area contributed by atoms with Crippen LogP contribution in [0.3, 0.4) is 0 Å². The molecule has 0 spiro atoms. The van der Waals surface area contributed by atoms with Crippen molar-refractivity contribution in [2.24, 2.45) is 0 Å². The number of anilines is 1. The van der Waals surface area contributed by atoms with Gasteiger partial charge in [0, 0.05) is 18.6 Å². The Labute approximate surface area is 134 Å². The van der Waals surface area contributed by atoms with Crippen LogP contribution in [-0.2, 0) is 9.31 Å². The second-order valence-corrected chi connectivity index (χ2v) is 7.21. The zero-order chi connectivity index (χ0) is 17.0. The van der Waals surface area contributed by atoms with Gasteiger partial charge in [-0.05, 0) is 46.6 Å². The lowest BCUT2D eigenvalue weighted by Crippen LogP contribution is -2.41. The molecule has 0 radical (unpaired) electrons. The summed E-state index contributed by atoms with van der Waals surface area (Å²) in [5.41, 5.74) is -1.01. The molecule has 0 saturated carbocycles. The Kier molecular flexibility index (Phi) is 3.92. The molecule has 2 heterocycles. The quantitative estimate of drug-likeness (QED) is 0.616. The van der Waals surface area contributed by atoms with Crippen molar-refractivity contribution in [3.05, 3.63) is 23.5 Å². The largest absolute Gasteiger partial charge is 0.497 e. The standard InChI is InChI=1S/C16H21BF3NO2/c1-15(2)16(3,4)23-17(22-15)10-9-11(18)12(19)13(20)14(10)21-7-5-6-8-21/h9H,5-8H2,1-4H3. The van der Waals surface area contributed by atoms with Gasteiger partial charge in [0.25, 0.3) is 0 Å². The molecule has 0 atom stereocenters. The fourth-order valence-corrected chi connectivity index (χ4v) is 3.02. The van der Waals surface area contributed by atoms with E-state index in [2.05, 4.69) is 0 Å². The normalized spacial score (nSPS) is 22.9. The van der Waals surface area contributed by atoms with E-state index in [1.807, 2.05) is 27.7 Å². The van der Waals surface area contributed by atoms with E-state index in [0.29, 0.717) is 13.1 Å². The van der Waals surface area contributed by atoms with Crippen molar-refractivity contribution in [1.29, 1.82) is 0 Å². The van der Waals surface area contributed by atoms with Gasteiger partial charge in [0.15, 0.2) is 17.5 Å². The summed E-state index contributed by atoms with van der Waals surface area (Å²) in [5.74, 6) is -3.85. The summed E-state index contributed by atoms with van der Waals surface area (Å²) in [7, 11) is -0.930. The third-order valence-corrected chi connectivity index (χ3v) is 5.10. The minimum absolute atomic E-state index is 0.0555. The lowest BCUT2D eigenvalue weighted by molar-refractivity contribution is 0.00578. The van der Waals surface area contributed by atoms with Gasteiger partial charge in [-0.25, -0.2) is 13.2 Å². The van der Waals surface area contributed by atoms with Crippen LogP contribution in [0.2, 0.25) is 0 Å². The van der Waals surface area contributed by atoms with Gasteiger partial charge < -0.3 is 14.2 Å². The van der Waals surface area contributed by atoms with Crippen LogP contribution in [0.5, 0.6) is 0 Å². The molecule has 126 valence electrons. The van der Waals surface area contributed by atoms with E-state index < -0.39 is 35.8 Å². The highest BCUT2D eigenvalue weighted by Gasteiger charge is 2.53. The van der Waals surface area contributed by atoms with Crippen molar-refractivity contribution in [1.82, 2.24) is 0 Å². The zero-order valence-corrected chi connectivity index (χ0v) is 13.9. The van der Waals surface area contributed by atoms with Gasteiger partial charge in [-0.3, -0.25) is 0 Å². The van der Waals surface area contributed by atoms with Gasteiger partial charge in [-0.2, -0.15) is 0 Å². The highest BCUT2D eigenvalue weighted by Crippen LogP contribution is 2.38. The van der Waals surface area contributed by atoms with Crippen LogP contribution in [0.15, 0.2) is 6.07 Å². The monoisotopic (exact) mass is 327 g/mol. The van der Waals surface area contributed by atoms with Crippen LogP contribution in [0.4, 0.5) is 18.9 Å². The molecule has 0 unspecified atom stereocenters. The number of hydrogen-bond acceptors (Lipinski definition) is 3. The number of halogens is 3. The van der Waals surface area contributed by atoms with Gasteiger partial charge in [-0.1, -0.05) is 0 Å². The maximum atomic E-state index is 14.4. The zero-order valence-electron chi connectivity index (χ0n) is 13.9. The Morgan fingerprint density at radius 1 is 0.957 bits per heavy atom. The number of hydrogen-bond donors (Lipinski definition) is 0. The van der Waals surface area contributed by atoms with E-state index in [4.69, 9.17) is 9.31 Å². The summed E-state index contributed by atoms with van der Waals surface area (Å²) in [5, 5.41) is 0. The van der Waals surface area contributed by atoms with E-state index in [1.54, 1.807) is 4.90 Å². The minimum atomic E-state index is -1.45. The molecule has 0 N–H and O–H groups in total. The first-order valence-corrected chi connectivity index (χ1v) is 7.92. The molecule has 0 bridgehead atoms. The second kappa shape index (κ2) is 5.41. The molecule has 0 aromatic heterocycles. The molecule has 23 heavy (non-hydrogen) atoms. The van der Waals surface area contributed by atoms with Crippen molar-refractivity contribution < 1.29 is 22.5 Å². The first kappa shape index (κ1) is 16.6. The molecule has 0 amide bonds. The Bertz CT molecular complexity index is 614. The summed E-state index contributed by atoms with van der Waals surface area (Å²) in [6, 6.07) is 0.994. The summed E-state index contributed by atoms with van der Waals surface area (Å²) in [6.07, 6.45) is 1.78. The average Bonchev–Trinajstić information content (AvgIpc) is 3.03. The van der Waals surface area contributed by atoms with E-state index in [0.717, 1.165) is 18.9 Å². The molecule has 7 heteroatoms. The van der Waals surface area contributed by atoms with Crippen molar-refractivity contribution in [3.63, 3.8) is 0 Å². The molecule has 2 saturated heterocycles. The van der Waals surface area contributed by atoms with Crippen LogP contribution in [-0.4, -0.2) is 31.4 Å². The summed E-state index contributed by atoms with van der Waals surface area (Å²) >= 11 is 0. The van der Waals surface area contributed by atoms with Crippen molar-refractivity contribution >= 4 is 18.3 Å². The maximum absolute atomic E-state index is 14.4. The first-order chi connectivity index (χ1) is 10.6. The summed E-state index contributed by atoms with van der Waals surface area (Å²) in [6.45, 7) is 8.65. The van der Waals surface area contributed by atoms with Crippen LogP contribution in [0.1, 0.15) is 40.5 Å². The molecule has 2 aliphatic rings. The molecule has 2 aliphatic heterocycles. The van der Waals surface area contributed by atoms with Gasteiger partial charge >= 0.3 is 7.12 Å². The Morgan fingerprint density at radius 3 is 2.00 bits per heavy atom.